The lowest BCUT2D eigenvalue weighted by atomic mass is 9.98. The van der Waals surface area contributed by atoms with Gasteiger partial charge < -0.3 is 41.7 Å². The summed E-state index contributed by atoms with van der Waals surface area (Å²) >= 11 is 0. The molecule has 5 aromatic rings. The van der Waals surface area contributed by atoms with Crippen LogP contribution in [0.25, 0.3) is 0 Å². The zero-order valence-corrected chi connectivity index (χ0v) is 48.2. The largest absolute Gasteiger partial charge is 0.343 e. The number of aryl methyl sites for hydroxylation is 4. The molecule has 0 spiro atoms. The SMILES string of the molecule is CN[C@@H](C)C(=O)N[C@H]1CCCC[C@@H]2CC[C@@H](C(=O)N[C@H](c3ccccc3)c3cn(CCCCc4ccc(CCCCn5cc([C@@H](NC(=O)[C@@H]6CC[C@@H]7CCCC[C@H](NC(=O)[C@H](C)NC)C(=O)N76)c6ccccc6)nn5)cc4)nn3)N2C1=O. The number of hydrogen-bond donors (Lipinski definition) is 6. The smallest absolute Gasteiger partial charge is 0.246 e. The first-order valence-corrected chi connectivity index (χ1v) is 30.1. The molecular weight excluding hydrogens is 1040 g/mol. The Bertz CT molecular complexity index is 2720. The van der Waals surface area contributed by atoms with Crippen LogP contribution in [0.4, 0.5) is 0 Å². The van der Waals surface area contributed by atoms with Crippen molar-refractivity contribution in [3.63, 3.8) is 0 Å². The van der Waals surface area contributed by atoms with E-state index in [4.69, 9.17) is 0 Å². The van der Waals surface area contributed by atoms with Gasteiger partial charge in [-0.15, -0.1) is 10.2 Å². The second kappa shape index (κ2) is 28.6. The van der Waals surface area contributed by atoms with Crippen LogP contribution in [-0.2, 0) is 54.7 Å². The van der Waals surface area contributed by atoms with Crippen LogP contribution in [-0.4, -0.2) is 138 Å². The van der Waals surface area contributed by atoms with Crippen LogP contribution in [0.2, 0.25) is 0 Å². The predicted octanol–water partition coefficient (Wildman–Crippen LogP) is 5.38. The second-order valence-electron chi connectivity index (χ2n) is 22.9. The van der Waals surface area contributed by atoms with Gasteiger partial charge in [0.1, 0.15) is 35.6 Å². The van der Waals surface area contributed by atoms with Gasteiger partial charge in [-0.1, -0.05) is 121 Å². The van der Waals surface area contributed by atoms with E-state index in [0.29, 0.717) is 50.2 Å². The first kappa shape index (κ1) is 59.3. The van der Waals surface area contributed by atoms with Gasteiger partial charge >= 0.3 is 0 Å². The number of aromatic nitrogens is 6. The maximum atomic E-state index is 14.3. The molecule has 0 aliphatic carbocycles. The molecule has 9 rings (SSSR count). The van der Waals surface area contributed by atoms with E-state index in [9.17, 15) is 28.8 Å². The van der Waals surface area contributed by atoms with Crippen molar-refractivity contribution in [3.05, 3.63) is 131 Å². The highest BCUT2D eigenvalue weighted by Crippen LogP contribution is 2.34. The first-order chi connectivity index (χ1) is 39.9. The summed E-state index contributed by atoms with van der Waals surface area (Å²) in [4.78, 5) is 86.0. The minimum atomic E-state index is -0.676. The summed E-state index contributed by atoms with van der Waals surface area (Å²) < 4.78 is 3.68. The summed E-state index contributed by atoms with van der Waals surface area (Å²) in [6.07, 6.45) is 18.2. The van der Waals surface area contributed by atoms with E-state index in [0.717, 1.165) is 101 Å². The lowest BCUT2D eigenvalue weighted by Gasteiger charge is -2.36. The normalized spacial score (nSPS) is 22.5. The Kier molecular flexibility index (Phi) is 20.7. The molecule has 0 saturated carbocycles. The number of amides is 6. The van der Waals surface area contributed by atoms with Crippen molar-refractivity contribution in [2.45, 2.75) is 203 Å². The Labute approximate surface area is 482 Å². The molecule has 10 atom stereocenters. The molecule has 4 aliphatic heterocycles. The molecule has 0 bridgehead atoms. The Hall–Kier alpha value is -7.32. The fourth-order valence-corrected chi connectivity index (χ4v) is 12.3. The highest BCUT2D eigenvalue weighted by molar-refractivity contribution is 5.95. The fraction of sp³-hybridized carbons (Fsp3) is 0.548. The molecule has 4 fully saturated rings. The van der Waals surface area contributed by atoms with Gasteiger partial charge in [-0.2, -0.15) is 0 Å². The molecule has 438 valence electrons. The zero-order valence-electron chi connectivity index (χ0n) is 48.2. The van der Waals surface area contributed by atoms with Gasteiger partial charge in [-0.3, -0.25) is 38.1 Å². The molecule has 20 nitrogen and oxygen atoms in total. The maximum Gasteiger partial charge on any atom is 0.246 e. The van der Waals surface area contributed by atoms with E-state index in [1.807, 2.05) is 82.4 Å². The van der Waals surface area contributed by atoms with E-state index < -0.39 is 48.3 Å². The average Bonchev–Trinajstić information content (AvgIpc) is 4.39. The highest BCUT2D eigenvalue weighted by Gasteiger charge is 2.46. The molecule has 0 radical (unpaired) electrons. The Morgan fingerprint density at radius 2 is 0.902 bits per heavy atom. The van der Waals surface area contributed by atoms with Crippen LogP contribution >= 0.6 is 0 Å². The van der Waals surface area contributed by atoms with Crippen molar-refractivity contribution >= 4 is 35.4 Å². The fourth-order valence-electron chi connectivity index (χ4n) is 12.3. The molecular formula is C62H84N14O6. The number of likely N-dealkylation sites (N-methyl/N-ethyl adjacent to an activating group) is 2. The van der Waals surface area contributed by atoms with E-state index in [2.05, 4.69) is 76.8 Å². The molecule has 6 N–H and O–H groups in total. The van der Waals surface area contributed by atoms with Gasteiger partial charge in [0.2, 0.25) is 35.4 Å². The minimum absolute atomic E-state index is 0.0483. The number of carbonyl (C=O) groups excluding carboxylic acids is 6. The van der Waals surface area contributed by atoms with Crippen LogP contribution in [0, 0.1) is 0 Å². The van der Waals surface area contributed by atoms with Crippen molar-refractivity contribution in [2.24, 2.45) is 0 Å². The van der Waals surface area contributed by atoms with Crippen molar-refractivity contribution in [1.29, 1.82) is 0 Å². The monoisotopic (exact) mass is 1120 g/mol. The number of carbonyl (C=O) groups is 6. The number of benzene rings is 3. The lowest BCUT2D eigenvalue weighted by molar-refractivity contribution is -0.144. The highest BCUT2D eigenvalue weighted by atomic mass is 16.2. The van der Waals surface area contributed by atoms with Gasteiger partial charge in [0, 0.05) is 25.2 Å². The third-order valence-electron chi connectivity index (χ3n) is 17.3. The molecule has 20 heteroatoms. The van der Waals surface area contributed by atoms with Crippen LogP contribution in [0.5, 0.6) is 0 Å². The van der Waals surface area contributed by atoms with Crippen LogP contribution in [0.15, 0.2) is 97.3 Å². The van der Waals surface area contributed by atoms with Crippen molar-refractivity contribution in [3.8, 4) is 0 Å². The number of hydrogen-bond acceptors (Lipinski definition) is 12. The number of nitrogens with one attached hydrogen (secondary N) is 6. The Balaban J connectivity index is 0.734. The molecule has 6 heterocycles. The van der Waals surface area contributed by atoms with Crippen molar-refractivity contribution in [2.75, 3.05) is 14.1 Å². The van der Waals surface area contributed by atoms with Crippen LogP contribution < -0.4 is 31.9 Å². The van der Waals surface area contributed by atoms with Crippen molar-refractivity contribution < 1.29 is 28.8 Å². The summed E-state index contributed by atoms with van der Waals surface area (Å²) in [7, 11) is 3.43. The summed E-state index contributed by atoms with van der Waals surface area (Å²) in [6, 6.07) is 23.5. The summed E-state index contributed by atoms with van der Waals surface area (Å²) in [5.74, 6) is -1.31. The average molecular weight is 1120 g/mol. The van der Waals surface area contributed by atoms with E-state index in [-0.39, 0.29) is 47.5 Å². The van der Waals surface area contributed by atoms with Gasteiger partial charge in [0.05, 0.1) is 36.6 Å². The van der Waals surface area contributed by atoms with Crippen LogP contribution in [0.1, 0.15) is 162 Å². The maximum absolute atomic E-state index is 14.3. The molecule has 0 unspecified atom stereocenters. The zero-order chi connectivity index (χ0) is 57.5. The van der Waals surface area contributed by atoms with Gasteiger partial charge in [-0.05, 0) is 140 Å². The van der Waals surface area contributed by atoms with E-state index in [1.54, 1.807) is 37.7 Å². The number of rotatable bonds is 24. The quantitative estimate of drug-likeness (QED) is 0.0427. The standard InChI is InChI=1S/C62H84N14O6/c1-41(63-3)57(77)65-49-27-13-11-25-47-33-35-53(75(47)61(49)81)59(79)67-55(45-21-7-5-8-22-45)51-39-73(71-69-51)37-17-15-19-43-29-31-44(32-30-43)20-16-18-38-74-40-52(70-72-74)56(46-23-9-6-10-24-46)68-60(80)54-36-34-48-26-12-14-28-50(62(82)76(48)54)66-58(78)42(2)64-4/h5-10,21-24,29-32,39-42,47-50,53-56,63-64H,11-20,25-28,33-38H2,1-4H3,(H,65,77)(H,66,78)(H,67,79)(H,68,80)/t41-,42-,47-,48+,49-,50-,53-,54-,55-,56+/m0/s1. The lowest BCUT2D eigenvalue weighted by Crippen LogP contribution is -2.58. The molecule has 6 amide bonds. The number of nitrogens with zero attached hydrogens (tertiary/aromatic N) is 8. The molecule has 4 aliphatic rings. The summed E-state index contributed by atoms with van der Waals surface area (Å²) in [5, 5.41) is 36.4. The van der Waals surface area contributed by atoms with E-state index in [1.165, 1.54) is 11.1 Å². The third kappa shape index (κ3) is 14.8. The Morgan fingerprint density at radius 1 is 0.512 bits per heavy atom. The number of fused-ring (bicyclic) bond motifs is 2. The van der Waals surface area contributed by atoms with Gasteiger partial charge in [-0.25, -0.2) is 0 Å². The third-order valence-corrected chi connectivity index (χ3v) is 17.3. The van der Waals surface area contributed by atoms with Crippen LogP contribution in [0.3, 0.4) is 0 Å². The molecule has 3 aromatic carbocycles. The predicted molar refractivity (Wildman–Crippen MR) is 310 cm³/mol. The molecule has 2 aromatic heterocycles. The molecule has 82 heavy (non-hydrogen) atoms. The van der Waals surface area contributed by atoms with Gasteiger partial charge in [0.25, 0.3) is 0 Å². The van der Waals surface area contributed by atoms with Crippen molar-refractivity contribution in [1.82, 2.24) is 71.7 Å². The van der Waals surface area contributed by atoms with Gasteiger partial charge in [0.15, 0.2) is 0 Å². The summed E-state index contributed by atoms with van der Waals surface area (Å²) in [6.45, 7) is 4.86. The summed E-state index contributed by atoms with van der Waals surface area (Å²) in [5.41, 5.74) is 5.53. The topological polar surface area (TPSA) is 242 Å². The first-order valence-electron chi connectivity index (χ1n) is 30.1. The second-order valence-corrected chi connectivity index (χ2v) is 22.9. The molecule has 4 saturated heterocycles. The Morgan fingerprint density at radius 3 is 1.29 bits per heavy atom. The minimum Gasteiger partial charge on any atom is -0.343 e. The number of unbranched alkanes of at least 4 members (excludes halogenated alkanes) is 2. The van der Waals surface area contributed by atoms with E-state index >= 15 is 0 Å².